The van der Waals surface area contributed by atoms with Crippen LogP contribution in [0.2, 0.25) is 0 Å². The molecule has 1 heterocycles. The van der Waals surface area contributed by atoms with Crippen molar-refractivity contribution in [1.29, 1.82) is 0 Å². The molecule has 1 aliphatic heterocycles. The number of benzene rings is 2. The van der Waals surface area contributed by atoms with E-state index in [0.29, 0.717) is 12.0 Å². The molecule has 26 heavy (non-hydrogen) atoms. The molecular formula is C19H21FO6. The molecule has 2 aromatic rings. The van der Waals surface area contributed by atoms with Crippen molar-refractivity contribution in [1.82, 2.24) is 0 Å². The molecule has 3 rings (SSSR count). The summed E-state index contributed by atoms with van der Waals surface area (Å²) in [5.74, 6) is 0.439. The summed E-state index contributed by atoms with van der Waals surface area (Å²) in [4.78, 5) is 0. The number of hydrogen-bond donors (Lipinski definition) is 3. The fraction of sp³-hybridized carbons (Fsp3) is 0.368. The molecule has 4 atom stereocenters. The first kappa shape index (κ1) is 18.6. The first-order chi connectivity index (χ1) is 12.5. The highest BCUT2D eigenvalue weighted by atomic mass is 19.1. The van der Waals surface area contributed by atoms with Crippen LogP contribution < -0.4 is 9.47 Å². The Hall–Kier alpha value is -2.19. The Morgan fingerprint density at radius 1 is 1.04 bits per heavy atom. The van der Waals surface area contributed by atoms with Crippen molar-refractivity contribution < 1.29 is 33.9 Å². The summed E-state index contributed by atoms with van der Waals surface area (Å²) in [6, 6.07) is 11.7. The molecule has 1 saturated heterocycles. The summed E-state index contributed by atoms with van der Waals surface area (Å²) in [6.45, 7) is -0.180. The smallest absolute Gasteiger partial charge is 0.228 e. The number of halogens is 1. The van der Waals surface area contributed by atoms with Crippen molar-refractivity contribution in [2.24, 2.45) is 0 Å². The summed E-state index contributed by atoms with van der Waals surface area (Å²) in [6.07, 6.45) is -4.77. The highest BCUT2D eigenvalue weighted by molar-refractivity contribution is 5.35. The monoisotopic (exact) mass is 364 g/mol. The zero-order valence-corrected chi connectivity index (χ0v) is 14.2. The van der Waals surface area contributed by atoms with Crippen molar-refractivity contribution in [3.8, 4) is 11.5 Å². The van der Waals surface area contributed by atoms with E-state index in [-0.39, 0.29) is 12.4 Å². The molecule has 0 aliphatic carbocycles. The predicted molar refractivity (Wildman–Crippen MR) is 90.6 cm³/mol. The molecule has 6 nitrogen and oxygen atoms in total. The third kappa shape index (κ3) is 4.13. The van der Waals surface area contributed by atoms with Crippen molar-refractivity contribution >= 4 is 0 Å². The van der Waals surface area contributed by atoms with E-state index in [1.165, 1.54) is 6.07 Å². The normalized spacial score (nSPS) is 25.7. The number of rotatable bonds is 5. The van der Waals surface area contributed by atoms with Gasteiger partial charge < -0.3 is 29.5 Å². The molecule has 0 spiro atoms. The minimum absolute atomic E-state index is 0.161. The second-order valence-electron chi connectivity index (χ2n) is 6.15. The molecule has 2 aromatic carbocycles. The minimum atomic E-state index is -1.43. The van der Waals surface area contributed by atoms with Crippen molar-refractivity contribution in [2.75, 3.05) is 13.7 Å². The maximum atomic E-state index is 14.4. The number of methoxy groups -OCH3 is 1. The second kappa shape index (κ2) is 8.01. The first-order valence-electron chi connectivity index (χ1n) is 8.21. The fourth-order valence-corrected chi connectivity index (χ4v) is 2.73. The van der Waals surface area contributed by atoms with E-state index < -0.39 is 30.4 Å². The summed E-state index contributed by atoms with van der Waals surface area (Å²) < 4.78 is 30.0. The van der Waals surface area contributed by atoms with Gasteiger partial charge in [-0.2, -0.15) is 0 Å². The van der Waals surface area contributed by atoms with Crippen LogP contribution in [0.1, 0.15) is 11.1 Å². The number of hydrogen-bond acceptors (Lipinski definition) is 6. The lowest BCUT2D eigenvalue weighted by Crippen LogP contribution is -2.54. The lowest BCUT2D eigenvalue weighted by Gasteiger charge is -2.34. The van der Waals surface area contributed by atoms with Gasteiger partial charge in [0.25, 0.3) is 0 Å². The predicted octanol–water partition coefficient (Wildman–Crippen LogP) is 1.24. The summed E-state index contributed by atoms with van der Waals surface area (Å²) >= 11 is 0. The van der Waals surface area contributed by atoms with Gasteiger partial charge in [-0.3, -0.25) is 0 Å². The zero-order valence-electron chi connectivity index (χ0n) is 14.2. The van der Waals surface area contributed by atoms with E-state index in [2.05, 4.69) is 0 Å². The van der Waals surface area contributed by atoms with Crippen LogP contribution in [0.3, 0.4) is 0 Å². The van der Waals surface area contributed by atoms with Gasteiger partial charge in [-0.25, -0.2) is 4.39 Å². The maximum absolute atomic E-state index is 14.4. The number of aliphatic hydroxyl groups excluding tert-OH is 3. The van der Waals surface area contributed by atoms with Gasteiger partial charge in [0.2, 0.25) is 6.29 Å². The molecule has 7 heteroatoms. The van der Waals surface area contributed by atoms with Crippen LogP contribution in [0.15, 0.2) is 42.5 Å². The van der Waals surface area contributed by atoms with Crippen LogP contribution in [-0.4, -0.2) is 53.6 Å². The maximum Gasteiger partial charge on any atom is 0.228 e. The molecular weight excluding hydrogens is 343 g/mol. The third-order valence-corrected chi connectivity index (χ3v) is 4.28. The molecule has 140 valence electrons. The van der Waals surface area contributed by atoms with Crippen LogP contribution in [-0.2, 0) is 11.2 Å². The van der Waals surface area contributed by atoms with Crippen LogP contribution in [0.4, 0.5) is 4.39 Å². The molecule has 0 unspecified atom stereocenters. The Morgan fingerprint density at radius 3 is 2.38 bits per heavy atom. The lowest BCUT2D eigenvalue weighted by molar-refractivity contribution is -0.242. The standard InChI is InChI=1S/C19H21FO6/c1-24-13-5-2-11(3-6-13)8-12-4-7-14(9-15(12)20)26-19-18(23)17(22)16(21)10-25-19/h2-7,9,16-19,21-23H,8,10H2,1H3/t16-,17-,18+,19+/m0/s1. The Bertz CT molecular complexity index is 735. The lowest BCUT2D eigenvalue weighted by atomic mass is 10.0. The van der Waals surface area contributed by atoms with Gasteiger partial charge in [0.1, 0.15) is 35.6 Å². The summed E-state index contributed by atoms with van der Waals surface area (Å²) in [5.41, 5.74) is 1.42. The Labute approximate surface area is 150 Å². The number of aliphatic hydroxyl groups is 3. The van der Waals surface area contributed by atoms with Crippen LogP contribution in [0.25, 0.3) is 0 Å². The minimum Gasteiger partial charge on any atom is -0.497 e. The quantitative estimate of drug-likeness (QED) is 0.740. The summed E-state index contributed by atoms with van der Waals surface area (Å²) in [5, 5.41) is 28.9. The van der Waals surface area contributed by atoms with Gasteiger partial charge in [-0.1, -0.05) is 18.2 Å². The van der Waals surface area contributed by atoms with Crippen LogP contribution >= 0.6 is 0 Å². The van der Waals surface area contributed by atoms with E-state index in [1.54, 1.807) is 19.2 Å². The molecule has 3 N–H and O–H groups in total. The van der Waals surface area contributed by atoms with Gasteiger partial charge in [-0.05, 0) is 29.3 Å². The van der Waals surface area contributed by atoms with Gasteiger partial charge in [-0.15, -0.1) is 0 Å². The Morgan fingerprint density at radius 2 is 1.73 bits per heavy atom. The van der Waals surface area contributed by atoms with Crippen LogP contribution in [0.5, 0.6) is 11.5 Å². The van der Waals surface area contributed by atoms with E-state index in [9.17, 15) is 19.7 Å². The fourth-order valence-electron chi connectivity index (χ4n) is 2.73. The molecule has 0 saturated carbocycles. The SMILES string of the molecule is COc1ccc(Cc2ccc(O[C@H]3OC[C@H](O)[C@H](O)[C@H]3O)cc2F)cc1. The Balaban J connectivity index is 1.67. The van der Waals surface area contributed by atoms with Gasteiger partial charge >= 0.3 is 0 Å². The van der Waals surface area contributed by atoms with E-state index in [1.807, 2.05) is 24.3 Å². The molecule has 1 aliphatic rings. The molecule has 0 aromatic heterocycles. The van der Waals surface area contributed by atoms with Crippen molar-refractivity contribution in [3.63, 3.8) is 0 Å². The first-order valence-corrected chi connectivity index (χ1v) is 8.21. The van der Waals surface area contributed by atoms with Crippen molar-refractivity contribution in [2.45, 2.75) is 31.0 Å². The zero-order chi connectivity index (χ0) is 18.7. The molecule has 0 bridgehead atoms. The van der Waals surface area contributed by atoms with Gasteiger partial charge in [0, 0.05) is 12.5 Å². The largest absolute Gasteiger partial charge is 0.497 e. The Kier molecular flexibility index (Phi) is 5.73. The highest BCUT2D eigenvalue weighted by Gasteiger charge is 2.39. The summed E-state index contributed by atoms with van der Waals surface area (Å²) in [7, 11) is 1.58. The molecule has 0 radical (unpaired) electrons. The van der Waals surface area contributed by atoms with Gasteiger partial charge in [0.15, 0.2) is 0 Å². The number of ether oxygens (including phenoxy) is 3. The second-order valence-corrected chi connectivity index (χ2v) is 6.15. The average Bonchev–Trinajstić information content (AvgIpc) is 2.65. The van der Waals surface area contributed by atoms with Crippen LogP contribution in [0, 0.1) is 5.82 Å². The van der Waals surface area contributed by atoms with E-state index in [4.69, 9.17) is 14.2 Å². The van der Waals surface area contributed by atoms with E-state index in [0.717, 1.165) is 11.3 Å². The highest BCUT2D eigenvalue weighted by Crippen LogP contribution is 2.24. The van der Waals surface area contributed by atoms with E-state index >= 15 is 0 Å². The van der Waals surface area contributed by atoms with Gasteiger partial charge in [0.05, 0.1) is 13.7 Å². The molecule has 1 fully saturated rings. The molecule has 0 amide bonds. The average molecular weight is 364 g/mol. The third-order valence-electron chi connectivity index (χ3n) is 4.28. The topological polar surface area (TPSA) is 88.4 Å². The van der Waals surface area contributed by atoms with Crippen molar-refractivity contribution in [3.05, 3.63) is 59.4 Å².